The summed E-state index contributed by atoms with van der Waals surface area (Å²) < 4.78 is 44.8. The van der Waals surface area contributed by atoms with Gasteiger partial charge in [0.05, 0.1) is 24.8 Å². The SMILES string of the molecule is O=C(Nc1cccc(C(F)(F)F)c1)N1OC[C@@H]2COc3ccc4ccccc4c3[C@H]21. The molecule has 1 fully saturated rings. The smallest absolute Gasteiger partial charge is 0.416 e. The average Bonchev–Trinajstić information content (AvgIpc) is 3.17. The molecule has 0 unspecified atom stereocenters. The van der Waals surface area contributed by atoms with Gasteiger partial charge in [0.2, 0.25) is 0 Å². The van der Waals surface area contributed by atoms with Crippen molar-refractivity contribution in [3.05, 3.63) is 71.8 Å². The van der Waals surface area contributed by atoms with Crippen LogP contribution < -0.4 is 10.1 Å². The molecule has 2 aliphatic heterocycles. The van der Waals surface area contributed by atoms with Crippen LogP contribution in [0.1, 0.15) is 17.2 Å². The van der Waals surface area contributed by atoms with E-state index in [1.165, 1.54) is 17.2 Å². The fourth-order valence-corrected chi connectivity index (χ4v) is 4.07. The van der Waals surface area contributed by atoms with E-state index < -0.39 is 23.8 Å². The molecule has 2 atom stereocenters. The largest absolute Gasteiger partial charge is 0.493 e. The monoisotopic (exact) mass is 414 g/mol. The number of fused-ring (bicyclic) bond motifs is 5. The molecule has 0 saturated carbocycles. The second kappa shape index (κ2) is 6.91. The highest BCUT2D eigenvalue weighted by molar-refractivity contribution is 5.92. The molecule has 1 saturated heterocycles. The number of hydroxylamine groups is 2. The summed E-state index contributed by atoms with van der Waals surface area (Å²) in [4.78, 5) is 18.6. The van der Waals surface area contributed by atoms with Crippen molar-refractivity contribution in [3.8, 4) is 5.75 Å². The average molecular weight is 414 g/mol. The number of rotatable bonds is 1. The molecule has 154 valence electrons. The number of hydrogen-bond acceptors (Lipinski definition) is 3. The lowest BCUT2D eigenvalue weighted by atomic mass is 9.88. The number of carbonyl (C=O) groups is 1. The third-order valence-corrected chi connectivity index (χ3v) is 5.45. The lowest BCUT2D eigenvalue weighted by Crippen LogP contribution is -2.37. The summed E-state index contributed by atoms with van der Waals surface area (Å²) >= 11 is 0. The van der Waals surface area contributed by atoms with Crippen LogP contribution in [-0.4, -0.2) is 24.3 Å². The Kier molecular flexibility index (Phi) is 4.32. The van der Waals surface area contributed by atoms with Crippen LogP contribution in [0.5, 0.6) is 5.75 Å². The first-order valence-corrected chi connectivity index (χ1v) is 9.46. The minimum absolute atomic E-state index is 0.0482. The first kappa shape index (κ1) is 18.7. The van der Waals surface area contributed by atoms with E-state index in [9.17, 15) is 18.0 Å². The van der Waals surface area contributed by atoms with Gasteiger partial charge in [0.15, 0.2) is 0 Å². The summed E-state index contributed by atoms with van der Waals surface area (Å²) in [6.45, 7) is 0.673. The molecular formula is C22H17F3N2O3. The predicted molar refractivity (Wildman–Crippen MR) is 104 cm³/mol. The molecule has 5 rings (SSSR count). The van der Waals surface area contributed by atoms with E-state index in [0.717, 1.165) is 28.5 Å². The Hall–Kier alpha value is -3.26. The summed E-state index contributed by atoms with van der Waals surface area (Å²) in [7, 11) is 0. The molecule has 0 radical (unpaired) electrons. The van der Waals surface area contributed by atoms with Gasteiger partial charge in [-0.1, -0.05) is 36.4 Å². The highest BCUT2D eigenvalue weighted by Gasteiger charge is 2.45. The molecule has 8 heteroatoms. The van der Waals surface area contributed by atoms with Crippen LogP contribution in [0.15, 0.2) is 60.7 Å². The number of nitrogens with one attached hydrogen (secondary N) is 1. The minimum atomic E-state index is -4.49. The topological polar surface area (TPSA) is 50.8 Å². The van der Waals surface area contributed by atoms with Gasteiger partial charge in [0.1, 0.15) is 5.75 Å². The number of benzene rings is 3. The number of nitrogens with zero attached hydrogens (tertiary/aromatic N) is 1. The van der Waals surface area contributed by atoms with E-state index in [2.05, 4.69) is 5.32 Å². The quantitative estimate of drug-likeness (QED) is 0.581. The zero-order valence-electron chi connectivity index (χ0n) is 15.6. The second-order valence-corrected chi connectivity index (χ2v) is 7.34. The Balaban J connectivity index is 1.48. The van der Waals surface area contributed by atoms with Crippen molar-refractivity contribution < 1.29 is 27.5 Å². The number of ether oxygens (including phenoxy) is 1. The van der Waals surface area contributed by atoms with Crippen molar-refractivity contribution in [1.29, 1.82) is 0 Å². The fraction of sp³-hybridized carbons (Fsp3) is 0.227. The van der Waals surface area contributed by atoms with Gasteiger partial charge >= 0.3 is 12.2 Å². The molecule has 0 spiro atoms. The maximum absolute atomic E-state index is 13.0. The Morgan fingerprint density at radius 3 is 2.70 bits per heavy atom. The molecule has 5 nitrogen and oxygen atoms in total. The van der Waals surface area contributed by atoms with Crippen LogP contribution in [0.4, 0.5) is 23.7 Å². The lowest BCUT2D eigenvalue weighted by Gasteiger charge is -2.32. The van der Waals surface area contributed by atoms with Gasteiger partial charge in [0, 0.05) is 17.2 Å². The van der Waals surface area contributed by atoms with Crippen LogP contribution in [0, 0.1) is 5.92 Å². The van der Waals surface area contributed by atoms with Crippen molar-refractivity contribution in [2.24, 2.45) is 5.92 Å². The Labute approximate surface area is 169 Å². The molecule has 2 heterocycles. The molecule has 0 aromatic heterocycles. The molecule has 0 bridgehead atoms. The van der Waals surface area contributed by atoms with Crippen molar-refractivity contribution in [3.63, 3.8) is 0 Å². The number of hydrogen-bond donors (Lipinski definition) is 1. The van der Waals surface area contributed by atoms with Gasteiger partial charge in [0.25, 0.3) is 0 Å². The maximum Gasteiger partial charge on any atom is 0.416 e. The van der Waals surface area contributed by atoms with Crippen LogP contribution >= 0.6 is 0 Å². The van der Waals surface area contributed by atoms with Crippen molar-refractivity contribution in [2.45, 2.75) is 12.2 Å². The summed E-state index contributed by atoms with van der Waals surface area (Å²) in [5.74, 6) is 0.605. The summed E-state index contributed by atoms with van der Waals surface area (Å²) in [6.07, 6.45) is -4.49. The number of halogens is 3. The number of urea groups is 1. The van der Waals surface area contributed by atoms with Gasteiger partial charge in [-0.2, -0.15) is 18.2 Å². The highest BCUT2D eigenvalue weighted by Crippen LogP contribution is 2.46. The number of anilines is 1. The molecule has 3 aromatic carbocycles. The van der Waals surface area contributed by atoms with E-state index in [0.29, 0.717) is 12.4 Å². The van der Waals surface area contributed by atoms with Crippen LogP contribution in [0.3, 0.4) is 0 Å². The Bertz CT molecular complexity index is 1130. The minimum Gasteiger partial charge on any atom is -0.493 e. The first-order chi connectivity index (χ1) is 14.4. The van der Waals surface area contributed by atoms with Crippen LogP contribution in [0.25, 0.3) is 10.8 Å². The zero-order chi connectivity index (χ0) is 20.9. The van der Waals surface area contributed by atoms with E-state index in [1.54, 1.807) is 0 Å². The van der Waals surface area contributed by atoms with Gasteiger partial charge in [-0.05, 0) is 35.0 Å². The number of alkyl halides is 3. The fourth-order valence-electron chi connectivity index (χ4n) is 4.07. The number of amides is 2. The van der Waals surface area contributed by atoms with Gasteiger partial charge < -0.3 is 10.1 Å². The van der Waals surface area contributed by atoms with E-state index in [-0.39, 0.29) is 18.2 Å². The number of carbonyl (C=O) groups excluding carboxylic acids is 1. The second-order valence-electron chi connectivity index (χ2n) is 7.34. The van der Waals surface area contributed by atoms with E-state index in [4.69, 9.17) is 9.57 Å². The summed E-state index contributed by atoms with van der Waals surface area (Å²) in [5, 5.41) is 5.71. The molecular weight excluding hydrogens is 397 g/mol. The molecule has 30 heavy (non-hydrogen) atoms. The lowest BCUT2D eigenvalue weighted by molar-refractivity contribution is -0.137. The van der Waals surface area contributed by atoms with Gasteiger partial charge in [-0.25, -0.2) is 4.79 Å². The van der Waals surface area contributed by atoms with E-state index >= 15 is 0 Å². The van der Waals surface area contributed by atoms with E-state index in [1.807, 2.05) is 36.4 Å². The maximum atomic E-state index is 13.0. The summed E-state index contributed by atoms with van der Waals surface area (Å²) in [6, 6.07) is 15.1. The normalized spacial score (nSPS) is 20.4. The summed E-state index contributed by atoms with van der Waals surface area (Å²) in [5.41, 5.74) is 0.0658. The van der Waals surface area contributed by atoms with Gasteiger partial charge in [-0.3, -0.25) is 4.84 Å². The molecule has 1 N–H and O–H groups in total. The first-order valence-electron chi connectivity index (χ1n) is 9.46. The van der Waals surface area contributed by atoms with Crippen molar-refractivity contribution in [1.82, 2.24) is 5.06 Å². The molecule has 3 aromatic rings. The van der Waals surface area contributed by atoms with Crippen LogP contribution in [0.2, 0.25) is 0 Å². The molecule has 0 aliphatic carbocycles. The Morgan fingerprint density at radius 1 is 1.03 bits per heavy atom. The third-order valence-electron chi connectivity index (χ3n) is 5.45. The molecule has 2 amide bonds. The van der Waals surface area contributed by atoms with Crippen LogP contribution in [-0.2, 0) is 11.0 Å². The van der Waals surface area contributed by atoms with Crippen molar-refractivity contribution in [2.75, 3.05) is 18.5 Å². The molecule has 2 aliphatic rings. The van der Waals surface area contributed by atoms with Crippen molar-refractivity contribution >= 4 is 22.5 Å². The zero-order valence-corrected chi connectivity index (χ0v) is 15.6. The predicted octanol–water partition coefficient (Wildman–Crippen LogP) is 5.39. The highest BCUT2D eigenvalue weighted by atomic mass is 19.4. The third kappa shape index (κ3) is 3.13. The standard InChI is InChI=1S/C22H17F3N2O3/c23-22(24,25)15-5-3-6-16(10-15)26-21(28)27-20-14(12-30-27)11-29-18-9-8-13-4-1-2-7-17(13)19(18)20/h1-10,14,20H,11-12H2,(H,26,28)/t14-,20-/m0/s1. The Morgan fingerprint density at radius 2 is 1.87 bits per heavy atom. The van der Waals surface area contributed by atoms with Gasteiger partial charge in [-0.15, -0.1) is 0 Å².